The highest BCUT2D eigenvalue weighted by molar-refractivity contribution is 5.81. The minimum Gasteiger partial charge on any atom is -0.368 e. The average Bonchev–Trinajstić information content (AvgIpc) is 3.21. The molecule has 1 unspecified atom stereocenters. The summed E-state index contributed by atoms with van der Waals surface area (Å²) < 4.78 is 18.6. The highest BCUT2D eigenvalue weighted by Gasteiger charge is 2.31. The Morgan fingerprint density at radius 1 is 1.15 bits per heavy atom. The molecule has 1 aromatic carbocycles. The van der Waals surface area contributed by atoms with Crippen molar-refractivity contribution in [3.8, 4) is 0 Å². The first-order chi connectivity index (χ1) is 12.9. The van der Waals surface area contributed by atoms with E-state index in [9.17, 15) is 14.0 Å². The molecule has 6 nitrogen and oxygen atoms in total. The van der Waals surface area contributed by atoms with E-state index in [0.717, 1.165) is 18.4 Å². The Balaban J connectivity index is 1.46. The SMILES string of the molecule is CC(C)(CNC(=O)N1CCN(C(=O)C2CCCO2)CC1)c1ccc(F)cc1. The van der Waals surface area contributed by atoms with Crippen LogP contribution >= 0.6 is 0 Å². The molecule has 1 atom stereocenters. The second-order valence-corrected chi connectivity index (χ2v) is 7.86. The molecule has 1 aromatic rings. The van der Waals surface area contributed by atoms with Crippen molar-refractivity contribution in [2.75, 3.05) is 39.3 Å². The largest absolute Gasteiger partial charge is 0.368 e. The van der Waals surface area contributed by atoms with Gasteiger partial charge in [0.05, 0.1) is 0 Å². The number of urea groups is 1. The summed E-state index contributed by atoms with van der Waals surface area (Å²) in [7, 11) is 0. The van der Waals surface area contributed by atoms with E-state index in [4.69, 9.17) is 4.74 Å². The lowest BCUT2D eigenvalue weighted by atomic mass is 9.84. The van der Waals surface area contributed by atoms with Gasteiger partial charge in [-0.1, -0.05) is 26.0 Å². The van der Waals surface area contributed by atoms with Crippen LogP contribution < -0.4 is 5.32 Å². The monoisotopic (exact) mass is 377 g/mol. The van der Waals surface area contributed by atoms with Gasteiger partial charge < -0.3 is 19.9 Å². The maximum absolute atomic E-state index is 13.1. The number of piperazine rings is 1. The number of ether oxygens (including phenoxy) is 1. The number of nitrogens with zero attached hydrogens (tertiary/aromatic N) is 2. The van der Waals surface area contributed by atoms with E-state index in [-0.39, 0.29) is 29.3 Å². The summed E-state index contributed by atoms with van der Waals surface area (Å²) in [6, 6.07) is 6.23. The zero-order valence-electron chi connectivity index (χ0n) is 16.0. The first-order valence-electron chi connectivity index (χ1n) is 9.56. The van der Waals surface area contributed by atoms with Gasteiger partial charge in [0.2, 0.25) is 0 Å². The molecular formula is C20H28FN3O3. The molecule has 0 bridgehead atoms. The maximum atomic E-state index is 13.1. The van der Waals surface area contributed by atoms with Gasteiger partial charge in [-0.2, -0.15) is 0 Å². The summed E-state index contributed by atoms with van der Waals surface area (Å²) in [5, 5.41) is 2.97. The molecule has 0 aromatic heterocycles. The van der Waals surface area contributed by atoms with Crippen molar-refractivity contribution in [3.05, 3.63) is 35.6 Å². The predicted octanol–water partition coefficient (Wildman–Crippen LogP) is 2.14. The van der Waals surface area contributed by atoms with Crippen molar-refractivity contribution < 1.29 is 18.7 Å². The molecule has 27 heavy (non-hydrogen) atoms. The molecule has 0 saturated carbocycles. The van der Waals surface area contributed by atoms with Gasteiger partial charge in [-0.15, -0.1) is 0 Å². The molecule has 148 valence electrons. The second kappa shape index (κ2) is 8.25. The lowest BCUT2D eigenvalue weighted by Gasteiger charge is -2.36. The lowest BCUT2D eigenvalue weighted by molar-refractivity contribution is -0.142. The van der Waals surface area contributed by atoms with Crippen LogP contribution in [0.4, 0.5) is 9.18 Å². The number of benzene rings is 1. The Bertz CT molecular complexity index is 664. The number of carbonyl (C=O) groups is 2. The molecule has 3 rings (SSSR count). The number of rotatable bonds is 4. The third-order valence-electron chi connectivity index (χ3n) is 5.39. The standard InChI is InChI=1S/C20H28FN3O3/c1-20(2,15-5-7-16(21)8-6-15)14-22-19(26)24-11-9-23(10-12-24)18(25)17-4-3-13-27-17/h5-8,17H,3-4,9-14H2,1-2H3,(H,22,26). The smallest absolute Gasteiger partial charge is 0.317 e. The summed E-state index contributed by atoms with van der Waals surface area (Å²) in [5.74, 6) is -0.223. The molecule has 0 spiro atoms. The van der Waals surface area contributed by atoms with Gasteiger partial charge in [0.15, 0.2) is 0 Å². The van der Waals surface area contributed by atoms with Crippen molar-refractivity contribution in [2.45, 2.75) is 38.2 Å². The van der Waals surface area contributed by atoms with E-state index in [1.165, 1.54) is 12.1 Å². The number of carbonyl (C=O) groups excluding carboxylic acids is 2. The molecule has 0 aliphatic carbocycles. The van der Waals surface area contributed by atoms with Crippen molar-refractivity contribution in [1.82, 2.24) is 15.1 Å². The quantitative estimate of drug-likeness (QED) is 0.875. The van der Waals surface area contributed by atoms with Gasteiger partial charge in [0, 0.05) is 44.7 Å². The Labute approximate surface area is 159 Å². The minimum atomic E-state index is -0.305. The third-order valence-corrected chi connectivity index (χ3v) is 5.39. The fourth-order valence-corrected chi connectivity index (χ4v) is 3.52. The summed E-state index contributed by atoms with van der Waals surface area (Å²) in [6.07, 6.45) is 1.42. The van der Waals surface area contributed by atoms with E-state index < -0.39 is 0 Å². The van der Waals surface area contributed by atoms with Crippen LogP contribution in [0.1, 0.15) is 32.3 Å². The Hall–Kier alpha value is -2.15. The van der Waals surface area contributed by atoms with Crippen molar-refractivity contribution in [1.29, 1.82) is 0 Å². The number of hydrogen-bond donors (Lipinski definition) is 1. The van der Waals surface area contributed by atoms with Gasteiger partial charge in [-0.05, 0) is 30.5 Å². The van der Waals surface area contributed by atoms with Crippen LogP contribution in [0.2, 0.25) is 0 Å². The molecule has 2 aliphatic heterocycles. The van der Waals surface area contributed by atoms with Crippen LogP contribution in [0, 0.1) is 5.82 Å². The first-order valence-corrected chi connectivity index (χ1v) is 9.56. The lowest BCUT2D eigenvalue weighted by Crippen LogP contribution is -2.55. The van der Waals surface area contributed by atoms with E-state index >= 15 is 0 Å². The van der Waals surface area contributed by atoms with Crippen LogP contribution in [0.3, 0.4) is 0 Å². The molecular weight excluding hydrogens is 349 g/mol. The molecule has 3 amide bonds. The van der Waals surface area contributed by atoms with Crippen LogP contribution in [0.25, 0.3) is 0 Å². The molecule has 2 heterocycles. The third kappa shape index (κ3) is 4.77. The summed E-state index contributed by atoms with van der Waals surface area (Å²) in [4.78, 5) is 28.4. The molecule has 2 fully saturated rings. The highest BCUT2D eigenvalue weighted by Crippen LogP contribution is 2.22. The fraction of sp³-hybridized carbons (Fsp3) is 0.600. The number of amides is 3. The fourth-order valence-electron chi connectivity index (χ4n) is 3.52. The number of halogens is 1. The van der Waals surface area contributed by atoms with Crippen LogP contribution in [-0.2, 0) is 14.9 Å². The van der Waals surface area contributed by atoms with E-state index in [0.29, 0.717) is 39.3 Å². The highest BCUT2D eigenvalue weighted by atomic mass is 19.1. The van der Waals surface area contributed by atoms with Gasteiger partial charge in [-0.3, -0.25) is 4.79 Å². The zero-order chi connectivity index (χ0) is 19.4. The van der Waals surface area contributed by atoms with Gasteiger partial charge in [0.1, 0.15) is 11.9 Å². The van der Waals surface area contributed by atoms with Crippen molar-refractivity contribution in [2.24, 2.45) is 0 Å². The molecule has 1 N–H and O–H groups in total. The Morgan fingerprint density at radius 2 is 1.78 bits per heavy atom. The molecule has 2 saturated heterocycles. The molecule has 0 radical (unpaired) electrons. The van der Waals surface area contributed by atoms with Crippen LogP contribution in [0.5, 0.6) is 0 Å². The zero-order valence-corrected chi connectivity index (χ0v) is 16.0. The summed E-state index contributed by atoms with van der Waals surface area (Å²) in [6.45, 7) is 7.23. The number of hydrogen-bond acceptors (Lipinski definition) is 3. The van der Waals surface area contributed by atoms with Crippen molar-refractivity contribution >= 4 is 11.9 Å². The molecule has 2 aliphatic rings. The van der Waals surface area contributed by atoms with Gasteiger partial charge >= 0.3 is 6.03 Å². The average molecular weight is 377 g/mol. The Morgan fingerprint density at radius 3 is 2.37 bits per heavy atom. The Kier molecular flexibility index (Phi) is 5.99. The maximum Gasteiger partial charge on any atom is 0.317 e. The van der Waals surface area contributed by atoms with Gasteiger partial charge in [0.25, 0.3) is 5.91 Å². The topological polar surface area (TPSA) is 61.9 Å². The summed E-state index contributed by atoms with van der Waals surface area (Å²) in [5.41, 5.74) is 0.664. The minimum absolute atomic E-state index is 0.0463. The van der Waals surface area contributed by atoms with E-state index in [1.54, 1.807) is 21.9 Å². The predicted molar refractivity (Wildman–Crippen MR) is 100.0 cm³/mol. The van der Waals surface area contributed by atoms with Crippen LogP contribution in [0.15, 0.2) is 24.3 Å². The normalized spacial score (nSPS) is 20.6. The van der Waals surface area contributed by atoms with E-state index in [2.05, 4.69) is 5.32 Å². The second-order valence-electron chi connectivity index (χ2n) is 7.86. The van der Waals surface area contributed by atoms with Gasteiger partial charge in [-0.25, -0.2) is 9.18 Å². The molecule has 7 heteroatoms. The van der Waals surface area contributed by atoms with Crippen molar-refractivity contribution in [3.63, 3.8) is 0 Å². The van der Waals surface area contributed by atoms with E-state index in [1.807, 2.05) is 13.8 Å². The summed E-state index contributed by atoms with van der Waals surface area (Å²) >= 11 is 0. The number of nitrogens with one attached hydrogen (secondary N) is 1. The van der Waals surface area contributed by atoms with Crippen LogP contribution in [-0.4, -0.2) is 67.2 Å². The first kappa shape index (κ1) is 19.6.